The molecule has 56 valence electrons. The van der Waals surface area contributed by atoms with Crippen molar-refractivity contribution >= 4 is 5.97 Å². The third kappa shape index (κ3) is 1.19. The summed E-state index contributed by atoms with van der Waals surface area (Å²) in [7, 11) is 0. The van der Waals surface area contributed by atoms with Crippen LogP contribution in [0.2, 0.25) is 0 Å². The van der Waals surface area contributed by atoms with Crippen molar-refractivity contribution in [2.75, 3.05) is 0 Å². The predicted octanol–water partition coefficient (Wildman–Crippen LogP) is -1.69. The highest BCUT2D eigenvalue weighted by atomic mass is 16.4. The van der Waals surface area contributed by atoms with Crippen LogP contribution in [0.1, 0.15) is 12.8 Å². The second-order valence-corrected chi connectivity index (χ2v) is 2.84. The molecule has 1 rings (SSSR count). The highest BCUT2D eigenvalue weighted by molar-refractivity contribution is 5.69. The highest BCUT2D eigenvalue weighted by Gasteiger charge is 2.30. The largest absolute Gasteiger partial charge is 0.550 e. The van der Waals surface area contributed by atoms with Gasteiger partial charge >= 0.3 is 0 Å². The number of hydrogen-bond acceptors (Lipinski definition) is 2. The lowest BCUT2D eigenvalue weighted by Gasteiger charge is -2.11. The van der Waals surface area contributed by atoms with Crippen molar-refractivity contribution in [3.05, 3.63) is 12.2 Å². The summed E-state index contributed by atoms with van der Waals surface area (Å²) in [5, 5.41) is 10.4. The molecule has 0 aromatic heterocycles. The van der Waals surface area contributed by atoms with E-state index in [0.717, 1.165) is 12.0 Å². The Kier molecular flexibility index (Phi) is 1.76. The van der Waals surface area contributed by atoms with E-state index in [9.17, 15) is 9.90 Å². The molecule has 0 saturated heterocycles. The van der Waals surface area contributed by atoms with E-state index in [2.05, 4.69) is 12.3 Å². The molecule has 0 aromatic carbocycles. The van der Waals surface area contributed by atoms with Gasteiger partial charge in [0.05, 0.1) is 17.9 Å². The molecule has 0 spiro atoms. The van der Waals surface area contributed by atoms with Gasteiger partial charge in [0.15, 0.2) is 0 Å². The molecule has 1 aliphatic rings. The van der Waals surface area contributed by atoms with Crippen LogP contribution in [0.4, 0.5) is 0 Å². The number of carbonyl (C=O) groups is 1. The van der Waals surface area contributed by atoms with Crippen LogP contribution in [-0.2, 0) is 4.79 Å². The molecular weight excluding hydrogens is 130 g/mol. The summed E-state index contributed by atoms with van der Waals surface area (Å²) in [6, 6.07) is -0.0301. The van der Waals surface area contributed by atoms with E-state index in [1.54, 1.807) is 0 Å². The van der Waals surface area contributed by atoms with Gasteiger partial charge in [-0.15, -0.1) is 0 Å². The zero-order chi connectivity index (χ0) is 7.72. The lowest BCUT2D eigenvalue weighted by Crippen LogP contribution is -2.64. The molecule has 10 heavy (non-hydrogen) atoms. The molecule has 0 heterocycles. The Morgan fingerprint density at radius 1 is 1.70 bits per heavy atom. The van der Waals surface area contributed by atoms with Crippen molar-refractivity contribution in [1.29, 1.82) is 0 Å². The Morgan fingerprint density at radius 3 is 2.50 bits per heavy atom. The zero-order valence-electron chi connectivity index (χ0n) is 5.80. The molecule has 0 bridgehead atoms. The van der Waals surface area contributed by atoms with Gasteiger partial charge in [-0.1, -0.05) is 12.2 Å². The van der Waals surface area contributed by atoms with Gasteiger partial charge in [-0.05, 0) is 6.42 Å². The van der Waals surface area contributed by atoms with Crippen molar-refractivity contribution in [1.82, 2.24) is 0 Å². The minimum atomic E-state index is -0.987. The van der Waals surface area contributed by atoms with Crippen LogP contribution < -0.4 is 10.8 Å². The Balaban J connectivity index is 2.63. The van der Waals surface area contributed by atoms with E-state index in [1.165, 1.54) is 0 Å². The molecule has 3 heteroatoms. The van der Waals surface area contributed by atoms with Gasteiger partial charge in [-0.25, -0.2) is 0 Å². The van der Waals surface area contributed by atoms with Crippen LogP contribution in [0.15, 0.2) is 12.2 Å². The third-order valence-corrected chi connectivity index (χ3v) is 1.93. The van der Waals surface area contributed by atoms with E-state index in [4.69, 9.17) is 0 Å². The molecule has 0 unspecified atom stereocenters. The first kappa shape index (κ1) is 7.28. The Labute approximate surface area is 59.5 Å². The monoisotopic (exact) mass is 141 g/mol. The molecule has 1 saturated carbocycles. The van der Waals surface area contributed by atoms with E-state index >= 15 is 0 Å². The summed E-state index contributed by atoms with van der Waals surface area (Å²) in [5.41, 5.74) is 4.69. The van der Waals surface area contributed by atoms with Crippen LogP contribution in [0, 0.1) is 5.92 Å². The van der Waals surface area contributed by atoms with Gasteiger partial charge in [0.25, 0.3) is 0 Å². The minimum absolute atomic E-state index is 0.0301. The molecule has 3 nitrogen and oxygen atoms in total. The average Bonchev–Trinajstić information content (AvgIpc) is 2.10. The number of carbonyl (C=O) groups excluding carboxylic acids is 1. The van der Waals surface area contributed by atoms with Crippen molar-refractivity contribution in [3.8, 4) is 0 Å². The van der Waals surface area contributed by atoms with Crippen LogP contribution in [0.3, 0.4) is 0 Å². The molecule has 0 radical (unpaired) electrons. The Morgan fingerprint density at radius 2 is 2.30 bits per heavy atom. The highest BCUT2D eigenvalue weighted by Crippen LogP contribution is 2.26. The standard InChI is InChI=1S/C7H11NO2/c1-4-2-5(7(9)10)6(8)3-4/h5-6H,1-3,8H2,(H,9,10)/t5-,6+/m1/s1. The van der Waals surface area contributed by atoms with E-state index in [-0.39, 0.29) is 6.04 Å². The summed E-state index contributed by atoms with van der Waals surface area (Å²) in [6.45, 7) is 3.71. The van der Waals surface area contributed by atoms with Gasteiger partial charge < -0.3 is 15.6 Å². The fraction of sp³-hybridized carbons (Fsp3) is 0.571. The first-order valence-electron chi connectivity index (χ1n) is 3.32. The Hall–Kier alpha value is -0.830. The maximum absolute atomic E-state index is 10.4. The molecule has 1 aliphatic carbocycles. The minimum Gasteiger partial charge on any atom is -0.550 e. The summed E-state index contributed by atoms with van der Waals surface area (Å²) >= 11 is 0. The van der Waals surface area contributed by atoms with Gasteiger partial charge in [0, 0.05) is 6.42 Å². The first-order chi connectivity index (χ1) is 4.61. The van der Waals surface area contributed by atoms with Gasteiger partial charge in [-0.2, -0.15) is 0 Å². The first-order valence-corrected chi connectivity index (χ1v) is 3.32. The van der Waals surface area contributed by atoms with Gasteiger partial charge in [-0.3, -0.25) is 0 Å². The third-order valence-electron chi connectivity index (χ3n) is 1.93. The van der Waals surface area contributed by atoms with Crippen molar-refractivity contribution in [2.24, 2.45) is 5.92 Å². The summed E-state index contributed by atoms with van der Waals surface area (Å²) < 4.78 is 0. The Bertz CT molecular complexity index is 176. The van der Waals surface area contributed by atoms with Gasteiger partial charge in [0.2, 0.25) is 0 Å². The number of hydrogen-bond donors (Lipinski definition) is 1. The molecule has 0 aliphatic heterocycles. The molecule has 0 amide bonds. The summed E-state index contributed by atoms with van der Waals surface area (Å²) in [4.78, 5) is 10.4. The zero-order valence-corrected chi connectivity index (χ0v) is 5.80. The fourth-order valence-electron chi connectivity index (χ4n) is 1.35. The molecule has 2 atom stereocenters. The van der Waals surface area contributed by atoms with E-state index in [0.29, 0.717) is 6.42 Å². The van der Waals surface area contributed by atoms with Crippen LogP contribution >= 0.6 is 0 Å². The molecular formula is C7H11NO2. The number of quaternary nitrogens is 1. The maximum atomic E-state index is 10.4. The number of aliphatic carboxylic acids is 1. The maximum Gasteiger partial charge on any atom is 0.0965 e. The molecule has 3 N–H and O–H groups in total. The lowest BCUT2D eigenvalue weighted by molar-refractivity contribution is -0.431. The average molecular weight is 141 g/mol. The molecule has 0 aromatic rings. The number of carboxylic acids is 1. The second-order valence-electron chi connectivity index (χ2n) is 2.84. The SMILES string of the molecule is C=C1C[C@H]([NH3+])[C@H](C(=O)[O-])C1. The van der Waals surface area contributed by atoms with Crippen LogP contribution in [0.5, 0.6) is 0 Å². The number of carboxylic acid groups (broad SMARTS) is 1. The van der Waals surface area contributed by atoms with Crippen molar-refractivity contribution < 1.29 is 15.6 Å². The topological polar surface area (TPSA) is 67.8 Å². The quantitative estimate of drug-likeness (QED) is 0.443. The van der Waals surface area contributed by atoms with Crippen molar-refractivity contribution in [3.63, 3.8) is 0 Å². The fourth-order valence-corrected chi connectivity index (χ4v) is 1.35. The summed E-state index contributed by atoms with van der Waals surface area (Å²) in [5.74, 6) is -1.38. The van der Waals surface area contributed by atoms with Crippen molar-refractivity contribution in [2.45, 2.75) is 18.9 Å². The summed E-state index contributed by atoms with van der Waals surface area (Å²) in [6.07, 6.45) is 1.29. The van der Waals surface area contributed by atoms with Crippen LogP contribution in [-0.4, -0.2) is 12.0 Å². The lowest BCUT2D eigenvalue weighted by atomic mass is 10.1. The van der Waals surface area contributed by atoms with Crippen LogP contribution in [0.25, 0.3) is 0 Å². The smallest absolute Gasteiger partial charge is 0.0965 e. The predicted molar refractivity (Wildman–Crippen MR) is 33.5 cm³/mol. The molecule has 1 fully saturated rings. The van der Waals surface area contributed by atoms with E-state index < -0.39 is 11.9 Å². The van der Waals surface area contributed by atoms with E-state index in [1.807, 2.05) is 0 Å². The normalized spacial score (nSPS) is 32.7. The number of rotatable bonds is 1. The van der Waals surface area contributed by atoms with Gasteiger partial charge in [0.1, 0.15) is 0 Å². The second kappa shape index (κ2) is 2.42.